The van der Waals surface area contributed by atoms with E-state index in [0.29, 0.717) is 0 Å². The van der Waals surface area contributed by atoms with Crippen LogP contribution in [0.25, 0.3) is 11.4 Å². The summed E-state index contributed by atoms with van der Waals surface area (Å²) in [6.07, 6.45) is 10.7. The molecular formula is C24H27N5O. The molecule has 1 unspecified atom stereocenters. The van der Waals surface area contributed by atoms with Gasteiger partial charge in [-0.05, 0) is 69.0 Å². The van der Waals surface area contributed by atoms with Crippen LogP contribution in [0.4, 0.5) is 0 Å². The first kappa shape index (κ1) is 19.1. The largest absolute Gasteiger partial charge is 0.497 e. The van der Waals surface area contributed by atoms with Crippen molar-refractivity contribution in [2.45, 2.75) is 44.6 Å². The number of rotatable bonds is 4. The van der Waals surface area contributed by atoms with Crippen LogP contribution < -0.4 is 4.74 Å². The number of aromatic nitrogens is 4. The fraction of sp³-hybridized carbons (Fsp3) is 0.417. The molecule has 1 aliphatic heterocycles. The number of ether oxygens (including phenoxy) is 1. The van der Waals surface area contributed by atoms with Crippen LogP contribution in [0.15, 0.2) is 42.9 Å². The second-order valence-electron chi connectivity index (χ2n) is 8.53. The van der Waals surface area contributed by atoms with Crippen LogP contribution in [0.5, 0.6) is 5.75 Å². The molecule has 154 valence electrons. The number of aryl methyl sites for hydroxylation is 2. The third-order valence-corrected chi connectivity index (χ3v) is 6.48. The van der Waals surface area contributed by atoms with Gasteiger partial charge in [0.05, 0.1) is 12.8 Å². The molecule has 1 saturated heterocycles. The summed E-state index contributed by atoms with van der Waals surface area (Å²) < 4.78 is 5.22. The third-order valence-electron chi connectivity index (χ3n) is 6.48. The Morgan fingerprint density at radius 1 is 1.03 bits per heavy atom. The molecule has 0 N–H and O–H groups in total. The number of fused-ring (bicyclic) bond motifs is 2. The molecule has 1 spiro atoms. The summed E-state index contributed by atoms with van der Waals surface area (Å²) in [5.74, 6) is 2.46. The Bertz CT molecular complexity index is 1030. The summed E-state index contributed by atoms with van der Waals surface area (Å²) in [6, 6.07) is 7.85. The number of hydrogen-bond acceptors (Lipinski definition) is 6. The summed E-state index contributed by atoms with van der Waals surface area (Å²) >= 11 is 0. The van der Waals surface area contributed by atoms with Gasteiger partial charge in [0.2, 0.25) is 0 Å². The maximum atomic E-state index is 5.22. The van der Waals surface area contributed by atoms with Gasteiger partial charge in [-0.1, -0.05) is 0 Å². The van der Waals surface area contributed by atoms with Gasteiger partial charge in [0.1, 0.15) is 11.6 Å². The lowest BCUT2D eigenvalue weighted by atomic mass is 9.77. The highest BCUT2D eigenvalue weighted by Crippen LogP contribution is 2.44. The topological polar surface area (TPSA) is 64.0 Å². The number of piperidine rings is 1. The summed E-state index contributed by atoms with van der Waals surface area (Å²) in [5.41, 5.74) is 4.98. The highest BCUT2D eigenvalue weighted by Gasteiger charge is 2.43. The van der Waals surface area contributed by atoms with Gasteiger partial charge in [0.25, 0.3) is 0 Å². The fourth-order valence-corrected chi connectivity index (χ4v) is 4.97. The first-order chi connectivity index (χ1) is 14.6. The van der Waals surface area contributed by atoms with Gasteiger partial charge >= 0.3 is 0 Å². The van der Waals surface area contributed by atoms with Gasteiger partial charge in [0, 0.05) is 48.2 Å². The van der Waals surface area contributed by atoms with E-state index in [1.807, 2.05) is 49.8 Å². The highest BCUT2D eigenvalue weighted by atomic mass is 16.5. The molecule has 1 atom stereocenters. The number of hydrogen-bond donors (Lipinski definition) is 0. The van der Waals surface area contributed by atoms with E-state index in [1.165, 1.54) is 30.5 Å². The molecule has 30 heavy (non-hydrogen) atoms. The Labute approximate surface area is 177 Å². The Morgan fingerprint density at radius 2 is 1.83 bits per heavy atom. The highest BCUT2D eigenvalue weighted by molar-refractivity contribution is 5.55. The van der Waals surface area contributed by atoms with Crippen molar-refractivity contribution >= 4 is 0 Å². The lowest BCUT2D eigenvalue weighted by molar-refractivity contribution is 0.136. The molecule has 1 aromatic carbocycles. The van der Waals surface area contributed by atoms with Gasteiger partial charge < -0.3 is 4.74 Å². The zero-order chi connectivity index (χ0) is 20.6. The van der Waals surface area contributed by atoms with E-state index in [9.17, 15) is 0 Å². The van der Waals surface area contributed by atoms with Crippen LogP contribution in [-0.2, 0) is 18.4 Å². The van der Waals surface area contributed by atoms with Crippen molar-refractivity contribution in [2.75, 3.05) is 20.2 Å². The van der Waals surface area contributed by atoms with Gasteiger partial charge in [-0.15, -0.1) is 0 Å². The molecule has 0 saturated carbocycles. The van der Waals surface area contributed by atoms with Crippen molar-refractivity contribution < 1.29 is 4.74 Å². The van der Waals surface area contributed by atoms with Crippen molar-refractivity contribution in [3.05, 3.63) is 65.5 Å². The SMILES string of the molecule is COc1ccc(-c2ncc(CN3CCCC4(CCc5cnc(C)nc54)C3)cn2)cc1. The number of benzene rings is 1. The quantitative estimate of drug-likeness (QED) is 0.664. The molecule has 2 aliphatic rings. The van der Waals surface area contributed by atoms with E-state index < -0.39 is 0 Å². The smallest absolute Gasteiger partial charge is 0.159 e. The molecular weight excluding hydrogens is 374 g/mol. The first-order valence-corrected chi connectivity index (χ1v) is 10.7. The lowest BCUT2D eigenvalue weighted by Gasteiger charge is -2.40. The van der Waals surface area contributed by atoms with Crippen LogP contribution in [0.3, 0.4) is 0 Å². The Balaban J connectivity index is 1.30. The van der Waals surface area contributed by atoms with Crippen LogP contribution >= 0.6 is 0 Å². The lowest BCUT2D eigenvalue weighted by Crippen LogP contribution is -2.45. The van der Waals surface area contributed by atoms with E-state index in [1.54, 1.807) is 7.11 Å². The number of methoxy groups -OCH3 is 1. The van der Waals surface area contributed by atoms with Crippen molar-refractivity contribution in [3.63, 3.8) is 0 Å². The summed E-state index contributed by atoms with van der Waals surface area (Å²) in [7, 11) is 1.67. The van der Waals surface area contributed by atoms with Crippen LogP contribution in [-0.4, -0.2) is 45.0 Å². The predicted molar refractivity (Wildman–Crippen MR) is 115 cm³/mol. The van der Waals surface area contributed by atoms with E-state index in [2.05, 4.69) is 19.9 Å². The second kappa shape index (κ2) is 7.76. The molecule has 6 heteroatoms. The number of likely N-dealkylation sites (tertiary alicyclic amines) is 1. The van der Waals surface area contributed by atoms with Gasteiger partial charge in [-0.3, -0.25) is 4.90 Å². The van der Waals surface area contributed by atoms with Gasteiger partial charge in [-0.25, -0.2) is 19.9 Å². The van der Waals surface area contributed by atoms with Crippen molar-refractivity contribution in [1.29, 1.82) is 0 Å². The number of nitrogens with zero attached hydrogens (tertiary/aromatic N) is 5. The molecule has 6 nitrogen and oxygen atoms in total. The molecule has 0 bridgehead atoms. The normalized spacial score (nSPS) is 21.0. The van der Waals surface area contributed by atoms with E-state index >= 15 is 0 Å². The fourth-order valence-electron chi connectivity index (χ4n) is 4.97. The average Bonchev–Trinajstić information content (AvgIpc) is 3.11. The summed E-state index contributed by atoms with van der Waals surface area (Å²) in [4.78, 5) is 21.0. The summed E-state index contributed by atoms with van der Waals surface area (Å²) in [5, 5.41) is 0. The van der Waals surface area contributed by atoms with E-state index in [4.69, 9.17) is 9.72 Å². The standard InChI is InChI=1S/C24H27N5O/c1-17-25-14-20-8-10-24(22(20)28-17)9-3-11-29(16-24)15-18-12-26-23(27-13-18)19-4-6-21(30-2)7-5-19/h4-7,12-14H,3,8-11,15-16H2,1-2H3. The molecule has 5 rings (SSSR count). The first-order valence-electron chi connectivity index (χ1n) is 10.7. The zero-order valence-corrected chi connectivity index (χ0v) is 17.6. The Hall–Kier alpha value is -2.86. The molecule has 1 fully saturated rings. The van der Waals surface area contributed by atoms with Crippen molar-refractivity contribution in [2.24, 2.45) is 0 Å². The maximum Gasteiger partial charge on any atom is 0.159 e. The minimum absolute atomic E-state index is 0.186. The minimum atomic E-state index is 0.186. The van der Waals surface area contributed by atoms with E-state index in [-0.39, 0.29) is 5.41 Å². The predicted octanol–water partition coefficient (Wildman–Crippen LogP) is 3.73. The van der Waals surface area contributed by atoms with Gasteiger partial charge in [0.15, 0.2) is 5.82 Å². The van der Waals surface area contributed by atoms with Crippen molar-refractivity contribution in [1.82, 2.24) is 24.8 Å². The average molecular weight is 402 g/mol. The van der Waals surface area contributed by atoms with E-state index in [0.717, 1.165) is 54.6 Å². The maximum absolute atomic E-state index is 5.22. The van der Waals surface area contributed by atoms with Crippen molar-refractivity contribution in [3.8, 4) is 17.1 Å². The Morgan fingerprint density at radius 3 is 2.60 bits per heavy atom. The monoisotopic (exact) mass is 401 g/mol. The minimum Gasteiger partial charge on any atom is -0.497 e. The summed E-state index contributed by atoms with van der Waals surface area (Å²) in [6.45, 7) is 5.04. The molecule has 3 heterocycles. The molecule has 1 aliphatic carbocycles. The van der Waals surface area contributed by atoms with Crippen LogP contribution in [0.1, 0.15) is 41.9 Å². The molecule has 3 aromatic rings. The zero-order valence-electron chi connectivity index (χ0n) is 17.6. The Kier molecular flexibility index (Phi) is 4.95. The molecule has 2 aromatic heterocycles. The van der Waals surface area contributed by atoms with Crippen LogP contribution in [0, 0.1) is 6.92 Å². The van der Waals surface area contributed by atoms with Gasteiger partial charge in [-0.2, -0.15) is 0 Å². The third kappa shape index (κ3) is 3.56. The van der Waals surface area contributed by atoms with Crippen LogP contribution in [0.2, 0.25) is 0 Å². The second-order valence-corrected chi connectivity index (χ2v) is 8.53. The molecule has 0 amide bonds. The molecule has 0 radical (unpaired) electrons.